The van der Waals surface area contributed by atoms with Crippen LogP contribution in [0.25, 0.3) is 0 Å². The number of oxazole rings is 1. The molecule has 0 aromatic carbocycles. The van der Waals surface area contributed by atoms with Gasteiger partial charge in [0.05, 0.1) is 5.69 Å². The lowest BCUT2D eigenvalue weighted by Crippen LogP contribution is -2.05. The van der Waals surface area contributed by atoms with E-state index in [4.69, 9.17) is 9.15 Å². The van der Waals surface area contributed by atoms with Gasteiger partial charge in [0.15, 0.2) is 0 Å². The van der Waals surface area contributed by atoms with Crippen LogP contribution >= 0.6 is 0 Å². The summed E-state index contributed by atoms with van der Waals surface area (Å²) < 4.78 is 9.60. The van der Waals surface area contributed by atoms with Crippen molar-refractivity contribution in [2.75, 3.05) is 0 Å². The van der Waals surface area contributed by atoms with Gasteiger partial charge < -0.3 is 9.15 Å². The predicted molar refractivity (Wildman–Crippen MR) is 41.8 cm³/mol. The van der Waals surface area contributed by atoms with Gasteiger partial charge in [0.2, 0.25) is 0 Å². The van der Waals surface area contributed by atoms with Gasteiger partial charge in [-0.1, -0.05) is 13.8 Å². The first-order chi connectivity index (χ1) is 5.76. The lowest BCUT2D eigenvalue weighted by atomic mass is 10.4. The molecule has 0 N–H and O–H groups in total. The Bertz CT molecular complexity index is 267. The van der Waals surface area contributed by atoms with E-state index in [0.717, 1.165) is 12.1 Å². The number of hydrogen-bond donors (Lipinski definition) is 0. The third-order valence-electron chi connectivity index (χ3n) is 1.38. The molecule has 0 aliphatic carbocycles. The summed E-state index contributed by atoms with van der Waals surface area (Å²) in [5.41, 5.74) is 0.786. The van der Waals surface area contributed by atoms with E-state index in [2.05, 4.69) is 4.98 Å². The maximum Gasteiger partial charge on any atom is 0.401 e. The van der Waals surface area contributed by atoms with Crippen LogP contribution in [0.3, 0.4) is 0 Å². The van der Waals surface area contributed by atoms with Crippen LogP contribution < -0.4 is 4.74 Å². The molecule has 0 bridgehead atoms. The van der Waals surface area contributed by atoms with Gasteiger partial charge in [0.25, 0.3) is 0 Å². The van der Waals surface area contributed by atoms with Crippen molar-refractivity contribution in [3.05, 3.63) is 12.0 Å². The van der Waals surface area contributed by atoms with Crippen LogP contribution in [0, 0.1) is 0 Å². The zero-order chi connectivity index (χ0) is 8.97. The highest BCUT2D eigenvalue weighted by atomic mass is 16.6. The zero-order valence-electron chi connectivity index (χ0n) is 7.16. The average Bonchev–Trinajstić information content (AvgIpc) is 2.52. The third-order valence-corrected chi connectivity index (χ3v) is 1.38. The number of aryl methyl sites for hydroxylation is 1. The van der Waals surface area contributed by atoms with Gasteiger partial charge in [0, 0.05) is 6.42 Å². The Morgan fingerprint density at radius 3 is 2.92 bits per heavy atom. The quantitative estimate of drug-likeness (QED) is 0.644. The number of esters is 1. The fourth-order valence-corrected chi connectivity index (χ4v) is 0.667. The molecule has 0 atom stereocenters. The van der Waals surface area contributed by atoms with Crippen molar-refractivity contribution in [2.24, 2.45) is 0 Å². The molecule has 0 amide bonds. The summed E-state index contributed by atoms with van der Waals surface area (Å²) in [5, 5.41) is 0. The van der Waals surface area contributed by atoms with Crippen LogP contribution in [0.5, 0.6) is 6.08 Å². The van der Waals surface area contributed by atoms with Crippen LogP contribution in [-0.2, 0) is 11.2 Å². The topological polar surface area (TPSA) is 52.3 Å². The number of nitrogens with zero attached hydrogens (tertiary/aromatic N) is 1. The number of ether oxygens (including phenoxy) is 1. The highest BCUT2D eigenvalue weighted by molar-refractivity contribution is 5.70. The molecule has 0 spiro atoms. The molecule has 0 radical (unpaired) electrons. The van der Waals surface area contributed by atoms with E-state index in [1.807, 2.05) is 6.92 Å². The Balaban J connectivity index is 2.58. The van der Waals surface area contributed by atoms with Crippen LogP contribution in [0.2, 0.25) is 0 Å². The molecule has 0 aliphatic heterocycles. The fraction of sp³-hybridized carbons (Fsp3) is 0.500. The maximum absolute atomic E-state index is 10.8. The predicted octanol–water partition coefficient (Wildman–Crippen LogP) is 1.55. The second kappa shape index (κ2) is 3.90. The van der Waals surface area contributed by atoms with Gasteiger partial charge in [-0.3, -0.25) is 4.79 Å². The lowest BCUT2D eigenvalue weighted by Gasteiger charge is -1.93. The molecule has 0 saturated heterocycles. The van der Waals surface area contributed by atoms with Gasteiger partial charge >= 0.3 is 12.0 Å². The first-order valence-electron chi connectivity index (χ1n) is 3.91. The summed E-state index contributed by atoms with van der Waals surface area (Å²) in [6.45, 7) is 3.66. The van der Waals surface area contributed by atoms with Crippen LogP contribution in [0.1, 0.15) is 26.0 Å². The smallest absolute Gasteiger partial charge is 0.401 e. The van der Waals surface area contributed by atoms with Crippen molar-refractivity contribution < 1.29 is 13.9 Å². The fourth-order valence-electron chi connectivity index (χ4n) is 0.667. The van der Waals surface area contributed by atoms with Gasteiger partial charge in [-0.15, -0.1) is 0 Å². The second-order valence-electron chi connectivity index (χ2n) is 2.29. The summed E-state index contributed by atoms with van der Waals surface area (Å²) in [4.78, 5) is 14.7. The molecule has 1 aromatic rings. The molecule has 0 unspecified atom stereocenters. The minimum atomic E-state index is -0.334. The average molecular weight is 169 g/mol. The Morgan fingerprint density at radius 1 is 1.67 bits per heavy atom. The molecule has 0 saturated carbocycles. The van der Waals surface area contributed by atoms with Crippen molar-refractivity contribution in [1.29, 1.82) is 0 Å². The van der Waals surface area contributed by atoms with Crippen LogP contribution in [-0.4, -0.2) is 11.0 Å². The largest absolute Gasteiger partial charge is 0.417 e. The van der Waals surface area contributed by atoms with E-state index >= 15 is 0 Å². The Kier molecular flexibility index (Phi) is 2.85. The monoisotopic (exact) mass is 169 g/mol. The molecule has 12 heavy (non-hydrogen) atoms. The molecule has 1 rings (SSSR count). The van der Waals surface area contributed by atoms with Crippen molar-refractivity contribution in [3.8, 4) is 6.08 Å². The number of carbonyl (C=O) groups excluding carboxylic acids is 1. The van der Waals surface area contributed by atoms with Crippen molar-refractivity contribution >= 4 is 5.97 Å². The van der Waals surface area contributed by atoms with E-state index in [1.54, 1.807) is 6.92 Å². The minimum absolute atomic E-state index is 0.0405. The normalized spacial score (nSPS) is 9.83. The van der Waals surface area contributed by atoms with E-state index in [-0.39, 0.29) is 12.0 Å². The highest BCUT2D eigenvalue weighted by Crippen LogP contribution is 2.10. The standard InChI is InChI=1S/C8H11NO3/c1-3-6-5-11-8(9-6)12-7(10)4-2/h5H,3-4H2,1-2H3. The molecule has 4 nitrogen and oxygen atoms in total. The van der Waals surface area contributed by atoms with Gasteiger partial charge in [-0.25, -0.2) is 0 Å². The Morgan fingerprint density at radius 2 is 2.42 bits per heavy atom. The summed E-state index contributed by atoms with van der Waals surface area (Å²) in [7, 11) is 0. The highest BCUT2D eigenvalue weighted by Gasteiger charge is 2.07. The van der Waals surface area contributed by atoms with E-state index in [9.17, 15) is 4.79 Å². The van der Waals surface area contributed by atoms with Gasteiger partial charge in [-0.2, -0.15) is 4.98 Å². The van der Waals surface area contributed by atoms with E-state index in [0.29, 0.717) is 6.42 Å². The number of rotatable bonds is 3. The zero-order valence-corrected chi connectivity index (χ0v) is 7.16. The molecule has 0 aliphatic rings. The lowest BCUT2D eigenvalue weighted by molar-refractivity contribution is -0.135. The molecule has 66 valence electrons. The van der Waals surface area contributed by atoms with Crippen molar-refractivity contribution in [1.82, 2.24) is 4.98 Å². The summed E-state index contributed by atoms with van der Waals surface area (Å²) in [5.74, 6) is -0.334. The van der Waals surface area contributed by atoms with Crippen LogP contribution in [0.15, 0.2) is 10.7 Å². The Labute approximate surface area is 70.5 Å². The van der Waals surface area contributed by atoms with Gasteiger partial charge in [0.1, 0.15) is 6.26 Å². The SMILES string of the molecule is CCC(=O)Oc1nc(CC)co1. The molecular weight excluding hydrogens is 158 g/mol. The van der Waals surface area contributed by atoms with E-state index in [1.165, 1.54) is 6.26 Å². The first-order valence-corrected chi connectivity index (χ1v) is 3.91. The van der Waals surface area contributed by atoms with Gasteiger partial charge in [-0.05, 0) is 6.42 Å². The number of carbonyl (C=O) groups is 1. The number of hydrogen-bond acceptors (Lipinski definition) is 4. The molecule has 0 fully saturated rings. The summed E-state index contributed by atoms with van der Waals surface area (Å²) >= 11 is 0. The molecule has 4 heteroatoms. The van der Waals surface area contributed by atoms with Crippen molar-refractivity contribution in [2.45, 2.75) is 26.7 Å². The van der Waals surface area contributed by atoms with E-state index < -0.39 is 0 Å². The summed E-state index contributed by atoms with van der Waals surface area (Å²) in [6.07, 6.45) is 2.62. The maximum atomic E-state index is 10.8. The molecule has 1 aromatic heterocycles. The molecular formula is C8H11NO3. The third kappa shape index (κ3) is 2.08. The molecule has 1 heterocycles. The Hall–Kier alpha value is -1.32. The minimum Gasteiger partial charge on any atom is -0.417 e. The first kappa shape index (κ1) is 8.77. The number of aromatic nitrogens is 1. The van der Waals surface area contributed by atoms with Crippen molar-refractivity contribution in [3.63, 3.8) is 0 Å². The van der Waals surface area contributed by atoms with Crippen LogP contribution in [0.4, 0.5) is 0 Å². The second-order valence-corrected chi connectivity index (χ2v) is 2.29. The summed E-state index contributed by atoms with van der Waals surface area (Å²) in [6, 6.07) is 0.